The molecule has 0 unspecified atom stereocenters. The van der Waals surface area contributed by atoms with Crippen molar-refractivity contribution < 1.29 is 31.5 Å². The summed E-state index contributed by atoms with van der Waals surface area (Å²) in [5.41, 5.74) is -0.492. The molecule has 4 aromatic heterocycles. The molecule has 1 amide bonds. The summed E-state index contributed by atoms with van der Waals surface area (Å²) in [6, 6.07) is 0.431. The molecule has 0 aliphatic heterocycles. The second-order valence-corrected chi connectivity index (χ2v) is 12.1. The van der Waals surface area contributed by atoms with Gasteiger partial charge >= 0.3 is 12.3 Å². The molecule has 43 heavy (non-hydrogen) atoms. The Balaban J connectivity index is 1.31. The maximum absolute atomic E-state index is 13.8. The zero-order valence-corrected chi connectivity index (χ0v) is 23.7. The minimum absolute atomic E-state index is 0.0804. The fourth-order valence-corrected chi connectivity index (χ4v) is 5.47. The first-order valence-electron chi connectivity index (χ1n) is 13.0. The SMILES string of the molecule is Cn1cc(-c2cnc(N(C(=O)O)C3CCC(Nc4ncc(C(F)(F)F)c(-c5cncc(S(C)(=O)=O)c5)n4)CC3)cn2)cn1. The standard InChI is InChI=1S/C26H26F3N9O4S/c1-37-14-16(9-34-37)21-12-32-22(13-31-21)38(25(39)40)18-5-3-17(4-6-18)35-24-33-11-20(26(27,28)29)23(36-24)15-7-19(10-30-8-15)43(2,41)42/h7-14,17-18H,3-6H2,1-2H3,(H,39,40)(H,33,35,36). The molecular formula is C26H26F3N9O4S. The molecule has 1 saturated carbocycles. The van der Waals surface area contributed by atoms with Gasteiger partial charge in [0.15, 0.2) is 15.7 Å². The number of halogens is 3. The third-order valence-electron chi connectivity index (χ3n) is 7.00. The zero-order chi connectivity index (χ0) is 30.9. The van der Waals surface area contributed by atoms with Crippen LogP contribution in [0.25, 0.3) is 22.5 Å². The van der Waals surface area contributed by atoms with Gasteiger partial charge in [-0.1, -0.05) is 0 Å². The first-order valence-corrected chi connectivity index (χ1v) is 14.9. The van der Waals surface area contributed by atoms with Gasteiger partial charge in [-0.2, -0.15) is 18.3 Å². The van der Waals surface area contributed by atoms with Crippen molar-refractivity contribution in [1.29, 1.82) is 0 Å². The number of hydrogen-bond acceptors (Lipinski definition) is 10. The van der Waals surface area contributed by atoms with Crippen molar-refractivity contribution in [2.24, 2.45) is 7.05 Å². The lowest BCUT2D eigenvalue weighted by Crippen LogP contribution is -2.44. The Morgan fingerprint density at radius 3 is 2.35 bits per heavy atom. The lowest BCUT2D eigenvalue weighted by atomic mass is 9.90. The topological polar surface area (TPSA) is 169 Å². The maximum atomic E-state index is 13.8. The van der Waals surface area contributed by atoms with Crippen molar-refractivity contribution in [1.82, 2.24) is 34.7 Å². The monoisotopic (exact) mass is 617 g/mol. The quantitative estimate of drug-likeness (QED) is 0.307. The highest BCUT2D eigenvalue weighted by atomic mass is 32.2. The lowest BCUT2D eigenvalue weighted by molar-refractivity contribution is -0.137. The normalized spacial score (nSPS) is 17.4. The first-order chi connectivity index (χ1) is 20.3. The van der Waals surface area contributed by atoms with Crippen LogP contribution in [0, 0.1) is 0 Å². The Kier molecular flexibility index (Phi) is 8.00. The Labute approximate surface area is 243 Å². The Morgan fingerprint density at radius 1 is 1.02 bits per heavy atom. The van der Waals surface area contributed by atoms with Gasteiger partial charge in [0.25, 0.3) is 0 Å². The minimum Gasteiger partial charge on any atom is -0.465 e. The van der Waals surface area contributed by atoms with Crippen LogP contribution in [0.15, 0.2) is 54.3 Å². The number of hydrogen-bond donors (Lipinski definition) is 2. The smallest absolute Gasteiger partial charge is 0.419 e. The van der Waals surface area contributed by atoms with Crippen LogP contribution in [-0.2, 0) is 23.1 Å². The molecule has 4 aromatic rings. The summed E-state index contributed by atoms with van der Waals surface area (Å²) in [4.78, 5) is 33.5. The fraction of sp³-hybridized carbons (Fsp3) is 0.346. The minimum atomic E-state index is -4.80. The lowest BCUT2D eigenvalue weighted by Gasteiger charge is -2.34. The van der Waals surface area contributed by atoms with Gasteiger partial charge < -0.3 is 10.4 Å². The number of anilines is 2. The van der Waals surface area contributed by atoms with Crippen LogP contribution in [-0.4, -0.2) is 72.7 Å². The van der Waals surface area contributed by atoms with Gasteiger partial charge in [-0.05, 0) is 31.7 Å². The van der Waals surface area contributed by atoms with Gasteiger partial charge in [0.2, 0.25) is 5.95 Å². The largest absolute Gasteiger partial charge is 0.465 e. The molecule has 226 valence electrons. The zero-order valence-electron chi connectivity index (χ0n) is 22.9. The molecule has 2 N–H and O–H groups in total. The third-order valence-corrected chi connectivity index (χ3v) is 8.08. The van der Waals surface area contributed by atoms with Gasteiger partial charge in [-0.25, -0.2) is 28.2 Å². The van der Waals surface area contributed by atoms with Gasteiger partial charge in [0.05, 0.1) is 34.9 Å². The summed E-state index contributed by atoms with van der Waals surface area (Å²) < 4.78 is 66.9. The van der Waals surface area contributed by atoms with E-state index in [-0.39, 0.29) is 28.3 Å². The number of pyridine rings is 1. The van der Waals surface area contributed by atoms with Gasteiger partial charge in [-0.3, -0.25) is 19.5 Å². The highest BCUT2D eigenvalue weighted by Gasteiger charge is 2.36. The number of nitrogens with one attached hydrogen (secondary N) is 1. The number of amides is 1. The van der Waals surface area contributed by atoms with E-state index in [1.165, 1.54) is 17.3 Å². The molecular weight excluding hydrogens is 591 g/mol. The number of alkyl halides is 3. The van der Waals surface area contributed by atoms with Gasteiger partial charge in [-0.15, -0.1) is 0 Å². The maximum Gasteiger partial charge on any atom is 0.419 e. The second kappa shape index (κ2) is 11.5. The summed E-state index contributed by atoms with van der Waals surface area (Å²) in [5.74, 6) is 0.0976. The van der Waals surface area contributed by atoms with E-state index in [2.05, 4.69) is 35.3 Å². The molecule has 0 spiro atoms. The number of rotatable bonds is 7. The van der Waals surface area contributed by atoms with Crippen LogP contribution in [0.4, 0.5) is 29.7 Å². The van der Waals surface area contributed by atoms with Gasteiger partial charge in [0.1, 0.15) is 5.56 Å². The highest BCUT2D eigenvalue weighted by Crippen LogP contribution is 2.37. The molecule has 5 rings (SSSR count). The summed E-state index contributed by atoms with van der Waals surface area (Å²) >= 11 is 0. The molecule has 0 saturated heterocycles. The molecule has 17 heteroatoms. The summed E-state index contributed by atoms with van der Waals surface area (Å²) in [6.07, 6.45) is 5.82. The summed E-state index contributed by atoms with van der Waals surface area (Å²) in [6.45, 7) is 0. The van der Waals surface area contributed by atoms with Crippen LogP contribution in [0.3, 0.4) is 0 Å². The number of nitrogens with zero attached hydrogens (tertiary/aromatic N) is 8. The molecule has 0 radical (unpaired) electrons. The van der Waals surface area contributed by atoms with Crippen molar-refractivity contribution in [3.05, 3.63) is 55.0 Å². The Morgan fingerprint density at radius 2 is 1.77 bits per heavy atom. The predicted molar refractivity (Wildman–Crippen MR) is 148 cm³/mol. The predicted octanol–water partition coefficient (Wildman–Crippen LogP) is 4.06. The number of carbonyl (C=O) groups is 1. The van der Waals surface area contributed by atoms with Crippen LogP contribution >= 0.6 is 0 Å². The molecule has 1 aliphatic rings. The summed E-state index contributed by atoms with van der Waals surface area (Å²) in [5, 5.41) is 17.1. The fourth-order valence-electron chi connectivity index (χ4n) is 4.88. The van der Waals surface area contributed by atoms with E-state index in [4.69, 9.17) is 0 Å². The molecule has 1 aliphatic carbocycles. The van der Waals surface area contributed by atoms with E-state index in [1.54, 1.807) is 24.1 Å². The molecule has 1 fully saturated rings. The van der Waals surface area contributed by atoms with E-state index < -0.39 is 39.4 Å². The van der Waals surface area contributed by atoms with E-state index in [1.807, 2.05) is 0 Å². The van der Waals surface area contributed by atoms with Crippen molar-refractivity contribution in [2.45, 2.75) is 48.8 Å². The van der Waals surface area contributed by atoms with Gasteiger partial charge in [0, 0.05) is 61.3 Å². The molecule has 0 aromatic carbocycles. The number of sulfone groups is 1. The van der Waals surface area contributed by atoms with Crippen LogP contribution in [0.2, 0.25) is 0 Å². The molecule has 0 atom stereocenters. The number of carboxylic acid groups (broad SMARTS) is 1. The third kappa shape index (κ3) is 6.71. The molecule has 0 bridgehead atoms. The van der Waals surface area contributed by atoms with E-state index >= 15 is 0 Å². The average Bonchev–Trinajstić information content (AvgIpc) is 3.39. The van der Waals surface area contributed by atoms with Crippen molar-refractivity contribution in [3.8, 4) is 22.5 Å². The first kappa shape index (κ1) is 29.8. The van der Waals surface area contributed by atoms with Crippen LogP contribution in [0.5, 0.6) is 0 Å². The highest BCUT2D eigenvalue weighted by molar-refractivity contribution is 7.90. The molecule has 4 heterocycles. The van der Waals surface area contributed by atoms with Crippen molar-refractivity contribution >= 4 is 27.7 Å². The number of aryl methyl sites for hydroxylation is 1. The Bertz CT molecular complexity index is 1740. The van der Waals surface area contributed by atoms with E-state index in [0.717, 1.165) is 30.3 Å². The van der Waals surface area contributed by atoms with Crippen molar-refractivity contribution in [3.63, 3.8) is 0 Å². The summed E-state index contributed by atoms with van der Waals surface area (Å²) in [7, 11) is -1.96. The number of aromatic nitrogens is 7. The van der Waals surface area contributed by atoms with E-state index in [9.17, 15) is 31.5 Å². The van der Waals surface area contributed by atoms with Crippen LogP contribution < -0.4 is 10.2 Å². The van der Waals surface area contributed by atoms with Crippen molar-refractivity contribution in [2.75, 3.05) is 16.5 Å². The molecule has 13 nitrogen and oxygen atoms in total. The second-order valence-electron chi connectivity index (χ2n) is 10.1. The Hall–Kier alpha value is -4.67. The average molecular weight is 618 g/mol. The van der Waals surface area contributed by atoms with E-state index in [0.29, 0.717) is 37.6 Å². The van der Waals surface area contributed by atoms with Crippen LogP contribution in [0.1, 0.15) is 31.2 Å².